The number of fused-ring (bicyclic) bond motifs is 5. The zero-order chi connectivity index (χ0) is 16.2. The summed E-state index contributed by atoms with van der Waals surface area (Å²) in [5.74, 6) is 6.31. The molecule has 0 saturated heterocycles. The summed E-state index contributed by atoms with van der Waals surface area (Å²) in [6.07, 6.45) is 15.5. The Balaban J connectivity index is 1.69. The molecule has 0 bridgehead atoms. The fourth-order valence-corrected chi connectivity index (χ4v) is 7.16. The Labute approximate surface area is 139 Å². The van der Waals surface area contributed by atoms with Crippen LogP contribution in [0.2, 0.25) is 0 Å². The van der Waals surface area contributed by atoms with Gasteiger partial charge in [0, 0.05) is 31.1 Å². The second kappa shape index (κ2) is 5.20. The normalized spacial score (nSPS) is 49.0. The first-order valence-electron chi connectivity index (χ1n) is 9.50. The summed E-state index contributed by atoms with van der Waals surface area (Å²) >= 11 is 0. The average molecular weight is 312 g/mol. The molecular formula is C21H28O2. The van der Waals surface area contributed by atoms with E-state index in [9.17, 15) is 9.59 Å². The summed E-state index contributed by atoms with van der Waals surface area (Å²) in [6, 6.07) is 0. The third-order valence-electron chi connectivity index (χ3n) is 8.32. The van der Waals surface area contributed by atoms with Gasteiger partial charge >= 0.3 is 0 Å². The summed E-state index contributed by atoms with van der Waals surface area (Å²) in [6.45, 7) is 2.23. The summed E-state index contributed by atoms with van der Waals surface area (Å²) in [7, 11) is 0. The zero-order valence-electron chi connectivity index (χ0n) is 14.3. The topological polar surface area (TPSA) is 34.1 Å². The highest BCUT2D eigenvalue weighted by Crippen LogP contribution is 2.66. The largest absolute Gasteiger partial charge is 0.300 e. The maximum absolute atomic E-state index is 12.5. The van der Waals surface area contributed by atoms with Crippen molar-refractivity contribution < 1.29 is 9.59 Å². The highest BCUT2D eigenvalue weighted by atomic mass is 16.1. The second-order valence-electron chi connectivity index (χ2n) is 8.93. The Morgan fingerprint density at radius 3 is 2.70 bits per heavy atom. The van der Waals surface area contributed by atoms with Gasteiger partial charge in [-0.2, -0.15) is 0 Å². The van der Waals surface area contributed by atoms with Crippen LogP contribution in [-0.4, -0.2) is 11.6 Å². The van der Waals surface area contributed by atoms with Gasteiger partial charge in [0.1, 0.15) is 11.6 Å². The van der Waals surface area contributed by atoms with E-state index in [1.807, 2.05) is 0 Å². The standard InChI is InChI=1S/C21H28O2/c1-3-10-21-12-8-15(22)13-14(21)4-5-16-17-6-7-19(23)20(17,2)11-9-18(16)21/h1,14,16-18H,4-13H2,2H3/t14-,16-,17-,18-,20-,21?/m0/s1. The number of hydrogen-bond donors (Lipinski definition) is 0. The predicted octanol–water partition coefficient (Wildman–Crippen LogP) is 4.17. The summed E-state index contributed by atoms with van der Waals surface area (Å²) in [4.78, 5) is 24.5. The van der Waals surface area contributed by atoms with E-state index in [2.05, 4.69) is 12.8 Å². The lowest BCUT2D eigenvalue weighted by atomic mass is 9.44. The first-order valence-corrected chi connectivity index (χ1v) is 9.50. The Hall–Kier alpha value is -1.10. The molecule has 0 spiro atoms. The van der Waals surface area contributed by atoms with E-state index in [1.54, 1.807) is 0 Å². The molecule has 0 aliphatic heterocycles. The number of rotatable bonds is 1. The number of hydrogen-bond acceptors (Lipinski definition) is 2. The number of carbonyl (C=O) groups is 2. The van der Waals surface area contributed by atoms with Crippen LogP contribution >= 0.6 is 0 Å². The molecule has 4 saturated carbocycles. The van der Waals surface area contributed by atoms with Crippen LogP contribution in [0.3, 0.4) is 0 Å². The zero-order valence-corrected chi connectivity index (χ0v) is 14.3. The third-order valence-corrected chi connectivity index (χ3v) is 8.32. The summed E-state index contributed by atoms with van der Waals surface area (Å²) in [5.41, 5.74) is 0.133. The molecule has 2 nitrogen and oxygen atoms in total. The van der Waals surface area contributed by atoms with E-state index in [0.717, 1.165) is 57.8 Å². The molecule has 0 radical (unpaired) electrons. The van der Waals surface area contributed by atoms with E-state index in [4.69, 9.17) is 6.42 Å². The fourth-order valence-electron chi connectivity index (χ4n) is 7.16. The van der Waals surface area contributed by atoms with Crippen molar-refractivity contribution in [3.05, 3.63) is 0 Å². The molecule has 23 heavy (non-hydrogen) atoms. The minimum atomic E-state index is -0.0597. The van der Waals surface area contributed by atoms with Crippen molar-refractivity contribution in [3.63, 3.8) is 0 Å². The molecule has 4 rings (SSSR count). The first-order chi connectivity index (χ1) is 11.0. The number of carbonyl (C=O) groups excluding carboxylic acids is 2. The van der Waals surface area contributed by atoms with Crippen molar-refractivity contribution in [2.24, 2.45) is 34.5 Å². The van der Waals surface area contributed by atoms with Gasteiger partial charge in [0.25, 0.3) is 0 Å². The predicted molar refractivity (Wildman–Crippen MR) is 89.5 cm³/mol. The monoisotopic (exact) mass is 312 g/mol. The molecule has 4 aliphatic rings. The first kappa shape index (κ1) is 15.4. The lowest BCUT2D eigenvalue weighted by Crippen LogP contribution is -2.54. The van der Waals surface area contributed by atoms with Crippen LogP contribution in [0.25, 0.3) is 0 Å². The number of ketones is 2. The van der Waals surface area contributed by atoms with Crippen molar-refractivity contribution in [1.29, 1.82) is 0 Å². The molecule has 4 fully saturated rings. The van der Waals surface area contributed by atoms with E-state index < -0.39 is 0 Å². The lowest BCUT2D eigenvalue weighted by Gasteiger charge is -2.60. The molecule has 0 aromatic rings. The second-order valence-corrected chi connectivity index (χ2v) is 8.93. The van der Waals surface area contributed by atoms with Crippen molar-refractivity contribution >= 4 is 11.6 Å². The van der Waals surface area contributed by atoms with Crippen molar-refractivity contribution in [2.75, 3.05) is 0 Å². The summed E-state index contributed by atoms with van der Waals surface area (Å²) in [5, 5.41) is 0. The Bertz CT molecular complexity index is 585. The molecule has 0 N–H and O–H groups in total. The molecule has 4 aliphatic carbocycles. The van der Waals surface area contributed by atoms with Crippen LogP contribution in [0.4, 0.5) is 0 Å². The van der Waals surface area contributed by atoms with Gasteiger partial charge in [-0.15, -0.1) is 12.3 Å². The molecule has 0 heterocycles. The van der Waals surface area contributed by atoms with Gasteiger partial charge in [0.05, 0.1) is 0 Å². The molecule has 124 valence electrons. The molecule has 6 atom stereocenters. The van der Waals surface area contributed by atoms with E-state index in [-0.39, 0.29) is 10.8 Å². The van der Waals surface area contributed by atoms with Crippen LogP contribution in [0.1, 0.15) is 71.1 Å². The highest BCUT2D eigenvalue weighted by molar-refractivity contribution is 5.87. The van der Waals surface area contributed by atoms with Crippen LogP contribution in [-0.2, 0) is 9.59 Å². The van der Waals surface area contributed by atoms with Crippen LogP contribution < -0.4 is 0 Å². The van der Waals surface area contributed by atoms with Crippen LogP contribution in [0.15, 0.2) is 0 Å². The number of terminal acetylenes is 1. The Morgan fingerprint density at radius 1 is 1.09 bits per heavy atom. The molecule has 0 aromatic heterocycles. The lowest BCUT2D eigenvalue weighted by molar-refractivity contribution is -0.146. The van der Waals surface area contributed by atoms with Gasteiger partial charge in [-0.05, 0) is 67.6 Å². The molecule has 0 aromatic carbocycles. The summed E-state index contributed by atoms with van der Waals surface area (Å²) < 4.78 is 0. The maximum atomic E-state index is 12.5. The van der Waals surface area contributed by atoms with Crippen molar-refractivity contribution in [3.8, 4) is 12.3 Å². The van der Waals surface area contributed by atoms with Gasteiger partial charge in [0.2, 0.25) is 0 Å². The fraction of sp³-hybridized carbons (Fsp3) is 0.810. The third kappa shape index (κ3) is 2.01. The highest BCUT2D eigenvalue weighted by Gasteiger charge is 2.61. The average Bonchev–Trinajstić information content (AvgIpc) is 2.84. The molecule has 0 amide bonds. The minimum Gasteiger partial charge on any atom is -0.300 e. The van der Waals surface area contributed by atoms with Gasteiger partial charge in [-0.25, -0.2) is 0 Å². The smallest absolute Gasteiger partial charge is 0.139 e. The number of Topliss-reactive ketones (excluding diaryl/α,β-unsaturated/α-hetero) is 2. The molecule has 1 unspecified atom stereocenters. The van der Waals surface area contributed by atoms with E-state index in [1.165, 1.54) is 6.42 Å². The van der Waals surface area contributed by atoms with Crippen molar-refractivity contribution in [1.82, 2.24) is 0 Å². The minimum absolute atomic E-state index is 0.0597. The Morgan fingerprint density at radius 2 is 1.91 bits per heavy atom. The molecular weight excluding hydrogens is 284 g/mol. The van der Waals surface area contributed by atoms with Gasteiger partial charge < -0.3 is 0 Å². The molecule has 2 heteroatoms. The quantitative estimate of drug-likeness (QED) is 0.681. The van der Waals surface area contributed by atoms with E-state index >= 15 is 0 Å². The maximum Gasteiger partial charge on any atom is 0.139 e. The van der Waals surface area contributed by atoms with Gasteiger partial charge in [-0.3, -0.25) is 9.59 Å². The Kier molecular flexibility index (Phi) is 3.49. The van der Waals surface area contributed by atoms with Gasteiger partial charge in [0.15, 0.2) is 0 Å². The van der Waals surface area contributed by atoms with Gasteiger partial charge in [-0.1, -0.05) is 6.92 Å². The SMILES string of the molecule is C#CCC12CCC(=O)C[C@@H]1CC[C@@H]1[C@@H]2CC[C@]2(C)C(=O)CC[C@@H]12. The van der Waals surface area contributed by atoms with E-state index in [0.29, 0.717) is 35.2 Å². The van der Waals surface area contributed by atoms with Crippen molar-refractivity contribution in [2.45, 2.75) is 71.1 Å². The van der Waals surface area contributed by atoms with Crippen LogP contribution in [0, 0.1) is 46.8 Å². The van der Waals surface area contributed by atoms with Crippen LogP contribution in [0.5, 0.6) is 0 Å².